The number of nitrogens with zero attached hydrogens (tertiary/aromatic N) is 1. The Balaban J connectivity index is 0.000000424. The first kappa shape index (κ1) is 25.4. The van der Waals surface area contributed by atoms with Crippen LogP contribution in [0.15, 0.2) is 36.2 Å². The van der Waals surface area contributed by atoms with Gasteiger partial charge in [0.25, 0.3) is 0 Å². The van der Waals surface area contributed by atoms with Gasteiger partial charge in [0.05, 0.1) is 6.54 Å². The molecule has 0 aromatic rings. The van der Waals surface area contributed by atoms with Gasteiger partial charge in [-0.3, -0.25) is 14.5 Å². The molecule has 0 spiro atoms. The molecular formula is C22H34FN3O4. The highest BCUT2D eigenvalue weighted by molar-refractivity contribution is 5.90. The highest BCUT2D eigenvalue weighted by atomic mass is 19.1. The first-order chi connectivity index (χ1) is 13.8. The van der Waals surface area contributed by atoms with Crippen LogP contribution in [-0.4, -0.2) is 47.0 Å². The molecule has 1 aliphatic heterocycles. The van der Waals surface area contributed by atoms with Gasteiger partial charge in [-0.2, -0.15) is 0 Å². The fraction of sp³-hybridized carbons (Fsp3) is 0.591. The Hall–Kier alpha value is -2.64. The molecule has 7 nitrogen and oxygen atoms in total. The molecule has 1 saturated heterocycles. The Kier molecular flexibility index (Phi) is 8.81. The molecule has 2 aliphatic rings. The summed E-state index contributed by atoms with van der Waals surface area (Å²) >= 11 is 0. The van der Waals surface area contributed by atoms with E-state index in [2.05, 4.69) is 18.5 Å². The summed E-state index contributed by atoms with van der Waals surface area (Å²) in [7, 11) is 0. The maximum Gasteiger partial charge on any atom is 0.411 e. The van der Waals surface area contributed by atoms with Crippen LogP contribution < -0.4 is 11.1 Å². The normalized spacial score (nSPS) is 23.0. The molecule has 1 unspecified atom stereocenters. The van der Waals surface area contributed by atoms with Crippen molar-refractivity contribution in [1.82, 2.24) is 10.2 Å². The number of allylic oxidation sites excluding steroid dienone is 4. The van der Waals surface area contributed by atoms with E-state index in [1.807, 2.05) is 0 Å². The molecule has 0 aromatic heterocycles. The van der Waals surface area contributed by atoms with Crippen LogP contribution in [0.4, 0.5) is 9.18 Å². The van der Waals surface area contributed by atoms with Crippen molar-refractivity contribution in [1.29, 1.82) is 0 Å². The summed E-state index contributed by atoms with van der Waals surface area (Å²) in [5.41, 5.74) is 5.43. The van der Waals surface area contributed by atoms with E-state index < -0.39 is 23.6 Å². The molecule has 8 heteroatoms. The van der Waals surface area contributed by atoms with Crippen LogP contribution in [0.25, 0.3) is 0 Å². The maximum atomic E-state index is 12.6. The van der Waals surface area contributed by atoms with Gasteiger partial charge >= 0.3 is 6.09 Å². The SMILES string of the molecule is C=C/C(C)=C(/F)C(=C)C.CC(C)(C)OC(=O)N1C2CC[C@@H](C2)[C@H]1C(=O)NCC(N)=O. The third-order valence-corrected chi connectivity index (χ3v) is 4.92. The molecule has 0 radical (unpaired) electrons. The van der Waals surface area contributed by atoms with E-state index >= 15 is 0 Å². The number of amides is 3. The van der Waals surface area contributed by atoms with Crippen molar-refractivity contribution >= 4 is 17.9 Å². The van der Waals surface area contributed by atoms with E-state index in [9.17, 15) is 18.8 Å². The van der Waals surface area contributed by atoms with Gasteiger partial charge in [-0.15, -0.1) is 0 Å². The second kappa shape index (κ2) is 10.4. The molecule has 1 aliphatic carbocycles. The predicted octanol–water partition coefficient (Wildman–Crippen LogP) is 3.37. The van der Waals surface area contributed by atoms with Crippen LogP contribution >= 0.6 is 0 Å². The Morgan fingerprint density at radius 2 is 1.87 bits per heavy atom. The summed E-state index contributed by atoms with van der Waals surface area (Å²) in [6.45, 7) is 15.3. The molecule has 2 fully saturated rings. The number of primary amides is 1. The molecule has 2 bridgehead atoms. The summed E-state index contributed by atoms with van der Waals surface area (Å²) in [5, 5.41) is 2.49. The van der Waals surface area contributed by atoms with Crippen LogP contribution in [-0.2, 0) is 14.3 Å². The number of fused-ring (bicyclic) bond motifs is 2. The molecule has 3 amide bonds. The lowest BCUT2D eigenvalue weighted by molar-refractivity contribution is -0.130. The highest BCUT2D eigenvalue weighted by Crippen LogP contribution is 2.43. The van der Waals surface area contributed by atoms with E-state index in [-0.39, 0.29) is 30.2 Å². The van der Waals surface area contributed by atoms with E-state index in [4.69, 9.17) is 10.5 Å². The Morgan fingerprint density at radius 1 is 1.27 bits per heavy atom. The second-order valence-electron chi connectivity index (χ2n) is 8.72. The Labute approximate surface area is 178 Å². The number of hydrogen-bond donors (Lipinski definition) is 2. The second-order valence-corrected chi connectivity index (χ2v) is 8.72. The summed E-state index contributed by atoms with van der Waals surface area (Å²) < 4.78 is 18.0. The zero-order valence-corrected chi connectivity index (χ0v) is 18.6. The van der Waals surface area contributed by atoms with Gasteiger partial charge in [0.1, 0.15) is 17.5 Å². The van der Waals surface area contributed by atoms with Crippen molar-refractivity contribution in [3.63, 3.8) is 0 Å². The predicted molar refractivity (Wildman–Crippen MR) is 114 cm³/mol. The van der Waals surface area contributed by atoms with Crippen LogP contribution in [0.2, 0.25) is 0 Å². The number of piperidine rings is 1. The zero-order valence-electron chi connectivity index (χ0n) is 18.6. The zero-order chi connectivity index (χ0) is 23.2. The van der Waals surface area contributed by atoms with Crippen molar-refractivity contribution in [2.45, 2.75) is 71.6 Å². The molecule has 168 valence electrons. The average molecular weight is 424 g/mol. The number of rotatable bonds is 5. The number of carbonyl (C=O) groups excluding carboxylic acids is 3. The van der Waals surface area contributed by atoms with Crippen molar-refractivity contribution in [2.75, 3.05) is 6.54 Å². The maximum absolute atomic E-state index is 12.6. The van der Waals surface area contributed by atoms with Gasteiger partial charge < -0.3 is 15.8 Å². The first-order valence-corrected chi connectivity index (χ1v) is 10.0. The van der Waals surface area contributed by atoms with Crippen molar-refractivity contribution in [3.05, 3.63) is 36.2 Å². The average Bonchev–Trinajstić information content (AvgIpc) is 3.25. The smallest absolute Gasteiger partial charge is 0.411 e. The number of ether oxygens (including phenoxy) is 1. The van der Waals surface area contributed by atoms with Crippen molar-refractivity contribution < 1.29 is 23.5 Å². The third kappa shape index (κ3) is 7.00. The lowest BCUT2D eigenvalue weighted by atomic mass is 9.98. The quantitative estimate of drug-likeness (QED) is 0.662. The molecule has 0 aromatic carbocycles. The number of carbonyl (C=O) groups is 3. The lowest BCUT2D eigenvalue weighted by Gasteiger charge is -2.35. The summed E-state index contributed by atoms with van der Waals surface area (Å²) in [6, 6.07) is -0.507. The van der Waals surface area contributed by atoms with E-state index in [0.717, 1.165) is 19.3 Å². The van der Waals surface area contributed by atoms with Crippen molar-refractivity contribution in [2.24, 2.45) is 11.7 Å². The topological polar surface area (TPSA) is 102 Å². The van der Waals surface area contributed by atoms with Gasteiger partial charge in [0, 0.05) is 6.04 Å². The van der Waals surface area contributed by atoms with Crippen LogP contribution in [0, 0.1) is 5.92 Å². The standard InChI is InChI=1S/C14H23N3O4.C8H11F/c1-14(2,3)21-13(20)17-9-5-4-8(6-9)11(17)12(19)16-7-10(15)18;1-5-7(4)8(9)6(2)3/h8-9,11H,4-7H2,1-3H3,(H2,15,18)(H,16,19);5H,1-2H2,3-4H3/b;8-7+/t8-,9?,11-;/m0./s1. The van der Waals surface area contributed by atoms with Crippen LogP contribution in [0.3, 0.4) is 0 Å². The molecule has 2 rings (SSSR count). The third-order valence-electron chi connectivity index (χ3n) is 4.92. The van der Waals surface area contributed by atoms with Crippen molar-refractivity contribution in [3.8, 4) is 0 Å². The summed E-state index contributed by atoms with van der Waals surface area (Å²) in [6.07, 6.45) is 3.63. The molecule has 1 saturated carbocycles. The van der Waals surface area contributed by atoms with Crippen LogP contribution in [0.5, 0.6) is 0 Å². The first-order valence-electron chi connectivity index (χ1n) is 10.0. The van der Waals surface area contributed by atoms with Gasteiger partial charge in [-0.05, 0) is 70.9 Å². The number of halogens is 1. The highest BCUT2D eigenvalue weighted by Gasteiger charge is 2.52. The number of nitrogens with two attached hydrogens (primary N) is 1. The van der Waals surface area contributed by atoms with Gasteiger partial charge in [-0.1, -0.05) is 19.2 Å². The molecule has 3 atom stereocenters. The minimum atomic E-state index is -0.604. The van der Waals surface area contributed by atoms with Crippen LogP contribution in [0.1, 0.15) is 53.9 Å². The van der Waals surface area contributed by atoms with Gasteiger partial charge in [0.15, 0.2) is 0 Å². The van der Waals surface area contributed by atoms with Gasteiger partial charge in [0.2, 0.25) is 11.8 Å². The van der Waals surface area contributed by atoms with E-state index in [1.54, 1.807) is 34.6 Å². The monoisotopic (exact) mass is 423 g/mol. The Bertz CT molecular complexity index is 739. The fourth-order valence-electron chi connectivity index (χ4n) is 3.61. The van der Waals surface area contributed by atoms with Gasteiger partial charge in [-0.25, -0.2) is 9.18 Å². The number of hydrogen-bond acceptors (Lipinski definition) is 4. The van der Waals surface area contributed by atoms with E-state index in [1.165, 1.54) is 11.0 Å². The largest absolute Gasteiger partial charge is 0.444 e. The lowest BCUT2D eigenvalue weighted by Crippen LogP contribution is -2.54. The van der Waals surface area contributed by atoms with E-state index in [0.29, 0.717) is 11.1 Å². The fourth-order valence-corrected chi connectivity index (χ4v) is 3.61. The summed E-state index contributed by atoms with van der Waals surface area (Å²) in [5.74, 6) is -1.05. The summed E-state index contributed by atoms with van der Waals surface area (Å²) in [4.78, 5) is 36.9. The minimum Gasteiger partial charge on any atom is -0.444 e. The molecule has 1 heterocycles. The molecule has 30 heavy (non-hydrogen) atoms. The Morgan fingerprint density at radius 3 is 2.30 bits per heavy atom. The number of likely N-dealkylation sites (tertiary alicyclic amines) is 1. The molecule has 3 N–H and O–H groups in total. The molecular weight excluding hydrogens is 389 g/mol. The number of nitrogens with one attached hydrogen (secondary N) is 1. The minimum absolute atomic E-state index is 0.0502.